The third-order valence-corrected chi connectivity index (χ3v) is 4.17. The molecule has 2 N–H and O–H groups in total. The van der Waals surface area contributed by atoms with Crippen LogP contribution in [0.5, 0.6) is 0 Å². The smallest absolute Gasteiger partial charge is 0.399 e. The Bertz CT molecular complexity index is 657. The molecule has 0 bridgehead atoms. The molecule has 1 aliphatic heterocycles. The van der Waals surface area contributed by atoms with Gasteiger partial charge in [0.1, 0.15) is 0 Å². The van der Waals surface area contributed by atoms with E-state index >= 15 is 0 Å². The zero-order valence-corrected chi connectivity index (χ0v) is 12.2. The highest BCUT2D eigenvalue weighted by Gasteiger charge is 2.52. The highest BCUT2D eigenvalue weighted by Crippen LogP contribution is 2.36. The molecule has 20 heavy (non-hydrogen) atoms. The van der Waals surface area contributed by atoms with Crippen LogP contribution in [0.4, 0.5) is 5.95 Å². The minimum absolute atomic E-state index is 0.251. The number of hydrogen-bond acceptors (Lipinski definition) is 5. The van der Waals surface area contributed by atoms with Gasteiger partial charge in [-0.1, -0.05) is 18.2 Å². The lowest BCUT2D eigenvalue weighted by molar-refractivity contribution is 0.00578. The van der Waals surface area contributed by atoms with Gasteiger partial charge in [-0.2, -0.15) is 0 Å². The van der Waals surface area contributed by atoms with Gasteiger partial charge in [-0.05, 0) is 27.7 Å². The van der Waals surface area contributed by atoms with Crippen molar-refractivity contribution in [1.82, 2.24) is 9.97 Å². The van der Waals surface area contributed by atoms with Crippen LogP contribution in [0.1, 0.15) is 27.7 Å². The second kappa shape index (κ2) is 4.17. The summed E-state index contributed by atoms with van der Waals surface area (Å²) in [6, 6.07) is 5.85. The number of benzene rings is 1. The van der Waals surface area contributed by atoms with Crippen LogP contribution in [0, 0.1) is 0 Å². The van der Waals surface area contributed by atoms with E-state index in [1.807, 2.05) is 45.9 Å². The number of nitrogens with two attached hydrogens (primary N) is 1. The second-order valence-corrected chi connectivity index (χ2v) is 6.10. The second-order valence-electron chi connectivity index (χ2n) is 6.10. The van der Waals surface area contributed by atoms with E-state index in [2.05, 4.69) is 9.97 Å². The summed E-state index contributed by atoms with van der Waals surface area (Å²) in [5, 5.41) is 0.923. The molecule has 0 unspecified atom stereocenters. The molecule has 5 nitrogen and oxygen atoms in total. The van der Waals surface area contributed by atoms with E-state index < -0.39 is 7.12 Å². The molecule has 0 atom stereocenters. The Kier molecular flexibility index (Phi) is 2.78. The zero-order valence-electron chi connectivity index (χ0n) is 12.2. The highest BCUT2D eigenvalue weighted by atomic mass is 16.7. The zero-order chi connectivity index (χ0) is 14.5. The van der Waals surface area contributed by atoms with Crippen molar-refractivity contribution in [3.8, 4) is 0 Å². The molecule has 104 valence electrons. The van der Waals surface area contributed by atoms with Crippen LogP contribution in [0.15, 0.2) is 24.4 Å². The third kappa shape index (κ3) is 1.96. The topological polar surface area (TPSA) is 70.3 Å². The van der Waals surface area contributed by atoms with E-state index in [0.717, 1.165) is 16.4 Å². The minimum atomic E-state index is -0.446. The van der Waals surface area contributed by atoms with Crippen LogP contribution in [0.3, 0.4) is 0 Å². The molecule has 0 radical (unpaired) electrons. The average Bonchev–Trinajstić information content (AvgIpc) is 2.57. The molecule has 0 saturated carbocycles. The molecule has 0 aliphatic carbocycles. The predicted molar refractivity (Wildman–Crippen MR) is 79.7 cm³/mol. The van der Waals surface area contributed by atoms with Gasteiger partial charge in [0.25, 0.3) is 0 Å². The van der Waals surface area contributed by atoms with Crippen molar-refractivity contribution >= 4 is 29.4 Å². The lowest BCUT2D eigenvalue weighted by Gasteiger charge is -2.32. The Morgan fingerprint density at radius 2 is 1.75 bits per heavy atom. The lowest BCUT2D eigenvalue weighted by Crippen LogP contribution is -2.41. The van der Waals surface area contributed by atoms with Gasteiger partial charge in [-0.25, -0.2) is 9.97 Å². The fraction of sp³-hybridized carbons (Fsp3) is 0.429. The van der Waals surface area contributed by atoms with Crippen LogP contribution in [-0.2, 0) is 9.31 Å². The van der Waals surface area contributed by atoms with Crippen LogP contribution in [-0.4, -0.2) is 28.3 Å². The number of aromatic nitrogens is 2. The van der Waals surface area contributed by atoms with Crippen molar-refractivity contribution in [2.45, 2.75) is 38.9 Å². The van der Waals surface area contributed by atoms with Crippen LogP contribution in [0.25, 0.3) is 10.9 Å². The Morgan fingerprint density at radius 1 is 1.10 bits per heavy atom. The lowest BCUT2D eigenvalue weighted by atomic mass is 9.78. The Labute approximate surface area is 118 Å². The fourth-order valence-corrected chi connectivity index (χ4v) is 2.25. The number of hydrogen-bond donors (Lipinski definition) is 1. The molecule has 0 amide bonds. The van der Waals surface area contributed by atoms with E-state index in [0.29, 0.717) is 0 Å². The van der Waals surface area contributed by atoms with Gasteiger partial charge < -0.3 is 15.0 Å². The third-order valence-electron chi connectivity index (χ3n) is 4.17. The normalized spacial score (nSPS) is 20.5. The molecule has 1 aliphatic rings. The first-order valence-corrected chi connectivity index (χ1v) is 6.67. The molecule has 0 spiro atoms. The summed E-state index contributed by atoms with van der Waals surface area (Å²) in [6.07, 6.45) is 1.71. The molecule has 1 saturated heterocycles. The van der Waals surface area contributed by atoms with Crippen molar-refractivity contribution in [3.05, 3.63) is 24.4 Å². The van der Waals surface area contributed by atoms with Crippen LogP contribution in [0.2, 0.25) is 0 Å². The van der Waals surface area contributed by atoms with Gasteiger partial charge >= 0.3 is 7.12 Å². The van der Waals surface area contributed by atoms with E-state index in [1.54, 1.807) is 6.20 Å². The van der Waals surface area contributed by atoms with Gasteiger partial charge in [-0.3, -0.25) is 0 Å². The maximum absolute atomic E-state index is 6.07. The van der Waals surface area contributed by atoms with Crippen molar-refractivity contribution < 1.29 is 9.31 Å². The van der Waals surface area contributed by atoms with Crippen LogP contribution < -0.4 is 11.2 Å². The molecule has 1 aromatic heterocycles. The highest BCUT2D eigenvalue weighted by molar-refractivity contribution is 6.64. The van der Waals surface area contributed by atoms with Crippen molar-refractivity contribution in [1.29, 1.82) is 0 Å². The first-order valence-electron chi connectivity index (χ1n) is 6.67. The molecule has 1 fully saturated rings. The van der Waals surface area contributed by atoms with E-state index in [4.69, 9.17) is 15.0 Å². The quantitative estimate of drug-likeness (QED) is 0.796. The predicted octanol–water partition coefficient (Wildman–Crippen LogP) is 1.51. The monoisotopic (exact) mass is 271 g/mol. The number of para-hydroxylation sites is 1. The van der Waals surface area contributed by atoms with Crippen molar-refractivity contribution in [3.63, 3.8) is 0 Å². The first-order chi connectivity index (χ1) is 9.30. The number of nitrogen functional groups attached to an aromatic ring is 1. The van der Waals surface area contributed by atoms with Crippen molar-refractivity contribution in [2.75, 3.05) is 5.73 Å². The molecule has 6 heteroatoms. The SMILES string of the molecule is CC1(C)OB(c2cccc3cnc(N)nc23)OC1(C)C. The largest absolute Gasteiger partial charge is 0.497 e. The average molecular weight is 271 g/mol. The van der Waals surface area contributed by atoms with Gasteiger partial charge in [0.2, 0.25) is 5.95 Å². The van der Waals surface area contributed by atoms with Gasteiger partial charge in [-0.15, -0.1) is 0 Å². The maximum Gasteiger partial charge on any atom is 0.497 e. The summed E-state index contributed by atoms with van der Waals surface area (Å²) in [6.45, 7) is 8.12. The Morgan fingerprint density at radius 3 is 2.40 bits per heavy atom. The number of anilines is 1. The number of rotatable bonds is 1. The van der Waals surface area contributed by atoms with Crippen LogP contribution >= 0.6 is 0 Å². The van der Waals surface area contributed by atoms with Crippen molar-refractivity contribution in [2.24, 2.45) is 0 Å². The summed E-state index contributed by atoms with van der Waals surface area (Å²) in [5.41, 5.74) is 6.60. The van der Waals surface area contributed by atoms with Gasteiger partial charge in [0.05, 0.1) is 16.7 Å². The minimum Gasteiger partial charge on any atom is -0.399 e. The summed E-state index contributed by atoms with van der Waals surface area (Å²) in [7, 11) is -0.446. The first kappa shape index (κ1) is 13.3. The summed E-state index contributed by atoms with van der Waals surface area (Å²) in [5.74, 6) is 0.251. The molecule has 2 heterocycles. The van der Waals surface area contributed by atoms with E-state index in [9.17, 15) is 0 Å². The standard InChI is InChI=1S/C14H18BN3O2/c1-13(2)14(3,4)20-15(19-13)10-7-5-6-9-8-17-12(16)18-11(9)10/h5-8H,1-4H3,(H2,16,17,18). The number of nitrogens with zero attached hydrogens (tertiary/aromatic N) is 2. The van der Waals surface area contributed by atoms with E-state index in [-0.39, 0.29) is 17.2 Å². The Balaban J connectivity index is 2.10. The molecule has 2 aromatic rings. The summed E-state index contributed by atoms with van der Waals surface area (Å²) >= 11 is 0. The molecular formula is C14H18BN3O2. The molecule has 3 rings (SSSR count). The maximum atomic E-state index is 6.07. The fourth-order valence-electron chi connectivity index (χ4n) is 2.25. The van der Waals surface area contributed by atoms with Gasteiger partial charge in [0.15, 0.2) is 0 Å². The Hall–Kier alpha value is -1.66. The molecule has 1 aromatic carbocycles. The molecular weight excluding hydrogens is 253 g/mol. The van der Waals surface area contributed by atoms with Gasteiger partial charge in [0, 0.05) is 17.0 Å². The number of fused-ring (bicyclic) bond motifs is 1. The summed E-state index contributed by atoms with van der Waals surface area (Å²) < 4.78 is 12.1. The summed E-state index contributed by atoms with van der Waals surface area (Å²) in [4.78, 5) is 8.34. The van der Waals surface area contributed by atoms with E-state index in [1.165, 1.54) is 0 Å².